The van der Waals surface area contributed by atoms with E-state index in [1.807, 2.05) is 0 Å². The molecule has 2 rings (SSSR count). The first kappa shape index (κ1) is 11.7. The van der Waals surface area contributed by atoms with Crippen molar-refractivity contribution in [2.75, 3.05) is 6.54 Å². The van der Waals surface area contributed by atoms with Crippen molar-refractivity contribution in [2.24, 2.45) is 0 Å². The Balaban J connectivity index is 2.43. The standard InChI is InChI=1S/C16H19N/c1-5-17-14(4)13(3)8-11-16(17)15-9-6-12(2)7-10-15/h6-11H,4-5H2,1-3H3. The van der Waals surface area contributed by atoms with Gasteiger partial charge in [0.1, 0.15) is 0 Å². The van der Waals surface area contributed by atoms with Gasteiger partial charge < -0.3 is 4.90 Å². The van der Waals surface area contributed by atoms with E-state index in [4.69, 9.17) is 0 Å². The van der Waals surface area contributed by atoms with E-state index >= 15 is 0 Å². The number of likely N-dealkylation sites (N-methyl/N-ethyl adjacent to an activating group) is 1. The molecule has 0 spiro atoms. The molecule has 0 N–H and O–H groups in total. The average molecular weight is 225 g/mol. The molecule has 0 amide bonds. The summed E-state index contributed by atoms with van der Waals surface area (Å²) in [7, 11) is 0. The van der Waals surface area contributed by atoms with Gasteiger partial charge in [0.05, 0.1) is 0 Å². The zero-order valence-corrected chi connectivity index (χ0v) is 10.8. The van der Waals surface area contributed by atoms with Gasteiger partial charge in [0, 0.05) is 17.9 Å². The largest absolute Gasteiger partial charge is 0.342 e. The smallest absolute Gasteiger partial charge is 0.0484 e. The molecule has 0 unspecified atom stereocenters. The van der Waals surface area contributed by atoms with E-state index in [2.05, 4.69) is 68.7 Å². The fourth-order valence-electron chi connectivity index (χ4n) is 2.09. The van der Waals surface area contributed by atoms with E-state index in [-0.39, 0.29) is 0 Å². The van der Waals surface area contributed by atoms with Crippen molar-refractivity contribution in [2.45, 2.75) is 20.8 Å². The van der Waals surface area contributed by atoms with Gasteiger partial charge in [0.15, 0.2) is 0 Å². The predicted octanol–water partition coefficient (Wildman–Crippen LogP) is 4.13. The fourth-order valence-corrected chi connectivity index (χ4v) is 2.09. The lowest BCUT2D eigenvalue weighted by Gasteiger charge is -2.31. The topological polar surface area (TPSA) is 3.24 Å². The maximum atomic E-state index is 4.16. The van der Waals surface area contributed by atoms with Gasteiger partial charge in [-0.1, -0.05) is 42.5 Å². The Hall–Kier alpha value is -1.76. The van der Waals surface area contributed by atoms with Crippen LogP contribution in [0.3, 0.4) is 0 Å². The summed E-state index contributed by atoms with van der Waals surface area (Å²) in [6.45, 7) is 11.5. The molecule has 88 valence electrons. The Kier molecular flexibility index (Phi) is 3.19. The number of aryl methyl sites for hydroxylation is 1. The molecule has 1 heterocycles. The summed E-state index contributed by atoms with van der Waals surface area (Å²) in [5.41, 5.74) is 6.12. The van der Waals surface area contributed by atoms with Gasteiger partial charge in [-0.05, 0) is 38.0 Å². The minimum Gasteiger partial charge on any atom is -0.342 e. The van der Waals surface area contributed by atoms with E-state index in [9.17, 15) is 0 Å². The monoisotopic (exact) mass is 225 g/mol. The highest BCUT2D eigenvalue weighted by Crippen LogP contribution is 2.30. The van der Waals surface area contributed by atoms with E-state index in [0.717, 1.165) is 12.2 Å². The summed E-state index contributed by atoms with van der Waals surface area (Å²) in [6.07, 6.45) is 4.32. The second-order valence-electron chi connectivity index (χ2n) is 4.46. The first-order valence-electron chi connectivity index (χ1n) is 6.06. The Morgan fingerprint density at radius 3 is 2.29 bits per heavy atom. The minimum atomic E-state index is 0.948. The summed E-state index contributed by atoms with van der Waals surface area (Å²) in [5.74, 6) is 0. The maximum Gasteiger partial charge on any atom is 0.0484 e. The molecular formula is C16H19N. The number of benzene rings is 1. The van der Waals surface area contributed by atoms with Crippen molar-refractivity contribution in [3.8, 4) is 0 Å². The van der Waals surface area contributed by atoms with Crippen LogP contribution in [0.1, 0.15) is 25.0 Å². The maximum absolute atomic E-state index is 4.16. The highest BCUT2D eigenvalue weighted by atomic mass is 15.1. The zero-order valence-electron chi connectivity index (χ0n) is 10.8. The third-order valence-corrected chi connectivity index (χ3v) is 3.23. The van der Waals surface area contributed by atoms with Crippen LogP contribution in [-0.4, -0.2) is 11.4 Å². The van der Waals surface area contributed by atoms with E-state index in [1.54, 1.807) is 0 Å². The summed E-state index contributed by atoms with van der Waals surface area (Å²) < 4.78 is 0. The van der Waals surface area contributed by atoms with Gasteiger partial charge in [0.2, 0.25) is 0 Å². The quantitative estimate of drug-likeness (QED) is 0.731. The number of rotatable bonds is 2. The van der Waals surface area contributed by atoms with Crippen LogP contribution in [0.25, 0.3) is 5.70 Å². The highest BCUT2D eigenvalue weighted by Gasteiger charge is 2.16. The van der Waals surface area contributed by atoms with E-state index in [1.165, 1.54) is 22.4 Å². The van der Waals surface area contributed by atoms with Gasteiger partial charge in [-0.15, -0.1) is 0 Å². The lowest BCUT2D eigenvalue weighted by molar-refractivity contribution is 0.522. The van der Waals surface area contributed by atoms with E-state index in [0.29, 0.717) is 0 Å². The predicted molar refractivity (Wildman–Crippen MR) is 74.4 cm³/mol. The molecule has 0 fully saturated rings. The van der Waals surface area contributed by atoms with Crippen LogP contribution in [0.4, 0.5) is 0 Å². The molecule has 0 atom stereocenters. The van der Waals surface area contributed by atoms with Crippen LogP contribution in [-0.2, 0) is 0 Å². The SMILES string of the molecule is C=C1C(C)=CC=C(c2ccc(C)cc2)N1CC. The molecule has 1 aromatic carbocycles. The Bertz CT molecular complexity index is 489. The van der Waals surface area contributed by atoms with Crippen LogP contribution in [0.15, 0.2) is 54.3 Å². The second-order valence-corrected chi connectivity index (χ2v) is 4.46. The first-order chi connectivity index (χ1) is 8.13. The minimum absolute atomic E-state index is 0.948. The number of hydrogen-bond donors (Lipinski definition) is 0. The van der Waals surface area contributed by atoms with Crippen molar-refractivity contribution in [3.63, 3.8) is 0 Å². The number of nitrogens with zero attached hydrogens (tertiary/aromatic N) is 1. The third-order valence-electron chi connectivity index (χ3n) is 3.23. The van der Waals surface area contributed by atoms with Crippen molar-refractivity contribution in [3.05, 3.63) is 65.4 Å². The van der Waals surface area contributed by atoms with Crippen molar-refractivity contribution < 1.29 is 0 Å². The van der Waals surface area contributed by atoms with Crippen LogP contribution in [0.2, 0.25) is 0 Å². The Labute approximate surface area is 104 Å². The van der Waals surface area contributed by atoms with E-state index < -0.39 is 0 Å². The lowest BCUT2D eigenvalue weighted by atomic mass is 10.0. The molecule has 0 aromatic heterocycles. The van der Waals surface area contributed by atoms with Gasteiger partial charge in [0.25, 0.3) is 0 Å². The molecule has 0 aliphatic carbocycles. The molecule has 0 saturated carbocycles. The third kappa shape index (κ3) is 2.19. The normalized spacial score (nSPS) is 15.7. The molecule has 17 heavy (non-hydrogen) atoms. The summed E-state index contributed by atoms with van der Waals surface area (Å²) >= 11 is 0. The van der Waals surface area contributed by atoms with Crippen molar-refractivity contribution in [1.29, 1.82) is 0 Å². The van der Waals surface area contributed by atoms with Crippen molar-refractivity contribution in [1.82, 2.24) is 4.90 Å². The van der Waals surface area contributed by atoms with Crippen LogP contribution >= 0.6 is 0 Å². The van der Waals surface area contributed by atoms with Gasteiger partial charge >= 0.3 is 0 Å². The molecular weight excluding hydrogens is 206 g/mol. The summed E-state index contributed by atoms with van der Waals surface area (Å²) in [5, 5.41) is 0. The summed E-state index contributed by atoms with van der Waals surface area (Å²) in [6, 6.07) is 8.65. The Morgan fingerprint density at radius 1 is 1.06 bits per heavy atom. The molecule has 1 nitrogen and oxygen atoms in total. The van der Waals surface area contributed by atoms with Crippen LogP contribution in [0, 0.1) is 6.92 Å². The van der Waals surface area contributed by atoms with Gasteiger partial charge in [-0.25, -0.2) is 0 Å². The molecule has 0 saturated heterocycles. The number of hydrogen-bond acceptors (Lipinski definition) is 1. The molecule has 1 aliphatic rings. The van der Waals surface area contributed by atoms with Crippen LogP contribution in [0.5, 0.6) is 0 Å². The lowest BCUT2D eigenvalue weighted by Crippen LogP contribution is -2.23. The highest BCUT2D eigenvalue weighted by molar-refractivity contribution is 5.70. The fraction of sp³-hybridized carbons (Fsp3) is 0.250. The molecule has 1 aromatic rings. The Morgan fingerprint density at radius 2 is 1.71 bits per heavy atom. The molecule has 0 radical (unpaired) electrons. The zero-order chi connectivity index (χ0) is 12.4. The number of allylic oxidation sites excluding steroid dienone is 3. The second kappa shape index (κ2) is 4.62. The average Bonchev–Trinajstić information content (AvgIpc) is 2.34. The van der Waals surface area contributed by atoms with Crippen LogP contribution < -0.4 is 0 Å². The van der Waals surface area contributed by atoms with Gasteiger partial charge in [-0.2, -0.15) is 0 Å². The first-order valence-corrected chi connectivity index (χ1v) is 6.06. The van der Waals surface area contributed by atoms with Crippen molar-refractivity contribution >= 4 is 5.70 Å². The molecule has 1 aliphatic heterocycles. The summed E-state index contributed by atoms with van der Waals surface area (Å²) in [4.78, 5) is 2.26. The van der Waals surface area contributed by atoms with Gasteiger partial charge in [-0.3, -0.25) is 0 Å². The molecule has 1 heteroatoms. The molecule has 0 bridgehead atoms.